The van der Waals surface area contributed by atoms with Crippen molar-refractivity contribution >= 4 is 16.5 Å². The molecule has 3 heteroatoms. The van der Waals surface area contributed by atoms with Crippen LogP contribution in [0.15, 0.2) is 30.3 Å². The largest absolute Gasteiger partial charge is 0.349 e. The van der Waals surface area contributed by atoms with Gasteiger partial charge in [0.1, 0.15) is 0 Å². The average Bonchev–Trinajstić information content (AvgIpc) is 2.81. The highest BCUT2D eigenvalue weighted by Gasteiger charge is 2.08. The maximum Gasteiger partial charge on any atom is 0.186 e. The fraction of sp³-hybridized carbons (Fsp3) is 0.308. The van der Waals surface area contributed by atoms with Crippen LogP contribution >= 0.6 is 11.3 Å². The van der Waals surface area contributed by atoms with Crippen molar-refractivity contribution in [1.82, 2.24) is 4.98 Å². The molecule has 0 aliphatic rings. The molecule has 1 heterocycles. The van der Waals surface area contributed by atoms with E-state index in [2.05, 4.69) is 41.2 Å². The minimum Gasteiger partial charge on any atom is -0.349 e. The molecule has 2 nitrogen and oxygen atoms in total. The van der Waals surface area contributed by atoms with Gasteiger partial charge in [0.2, 0.25) is 0 Å². The molecule has 0 aliphatic carbocycles. The van der Waals surface area contributed by atoms with E-state index in [9.17, 15) is 0 Å². The second-order valence-corrected chi connectivity index (χ2v) is 4.26. The van der Waals surface area contributed by atoms with Crippen molar-refractivity contribution in [2.24, 2.45) is 0 Å². The van der Waals surface area contributed by atoms with Crippen molar-refractivity contribution in [3.05, 3.63) is 35.7 Å². The van der Waals surface area contributed by atoms with Crippen LogP contribution in [-0.2, 0) is 0 Å². The molecule has 0 aliphatic heterocycles. The maximum absolute atomic E-state index is 4.61. The van der Waals surface area contributed by atoms with Gasteiger partial charge in [-0.3, -0.25) is 0 Å². The van der Waals surface area contributed by atoms with Crippen LogP contribution in [0.5, 0.6) is 0 Å². The van der Waals surface area contributed by atoms with E-state index in [-0.39, 0.29) is 0 Å². The lowest BCUT2D eigenvalue weighted by atomic mass is 10.2. The lowest BCUT2D eigenvalue weighted by molar-refractivity contribution is 0.860. The molecule has 0 atom stereocenters. The molecule has 1 radical (unpaired) electrons. The van der Waals surface area contributed by atoms with E-state index in [0.29, 0.717) is 0 Å². The molecule has 1 aromatic carbocycles. The molecule has 0 bridgehead atoms. The zero-order valence-corrected chi connectivity index (χ0v) is 10.4. The second-order valence-electron chi connectivity index (χ2n) is 3.49. The number of hydrogen-bond acceptors (Lipinski definition) is 3. The van der Waals surface area contributed by atoms with E-state index in [1.54, 1.807) is 11.3 Å². The summed E-state index contributed by atoms with van der Waals surface area (Å²) in [6.07, 6.45) is 0. The van der Waals surface area contributed by atoms with Crippen molar-refractivity contribution in [3.8, 4) is 11.3 Å². The highest BCUT2D eigenvalue weighted by Crippen LogP contribution is 2.26. The number of nitrogens with zero attached hydrogens (tertiary/aromatic N) is 2. The summed E-state index contributed by atoms with van der Waals surface area (Å²) in [4.78, 5) is 6.86. The summed E-state index contributed by atoms with van der Waals surface area (Å²) in [5.41, 5.74) is 2.09. The molecule has 0 unspecified atom stereocenters. The lowest BCUT2D eigenvalue weighted by Gasteiger charge is -2.16. The second kappa shape index (κ2) is 5.12. The molecule has 2 rings (SSSR count). The molecule has 0 fully saturated rings. The van der Waals surface area contributed by atoms with Gasteiger partial charge in [-0.05, 0) is 13.8 Å². The van der Waals surface area contributed by atoms with Gasteiger partial charge in [-0.15, -0.1) is 0 Å². The summed E-state index contributed by atoms with van der Waals surface area (Å²) < 4.78 is 0. The van der Waals surface area contributed by atoms with Gasteiger partial charge >= 0.3 is 0 Å². The fourth-order valence-corrected chi connectivity index (χ4v) is 2.46. The summed E-state index contributed by atoms with van der Waals surface area (Å²) >= 11 is 1.59. The van der Waals surface area contributed by atoms with Crippen molar-refractivity contribution in [3.63, 3.8) is 0 Å². The Morgan fingerprint density at radius 2 is 1.88 bits per heavy atom. The van der Waals surface area contributed by atoms with E-state index < -0.39 is 0 Å². The summed E-state index contributed by atoms with van der Waals surface area (Å²) in [6.45, 7) is 6.28. The van der Waals surface area contributed by atoms with Gasteiger partial charge in [-0.1, -0.05) is 41.7 Å². The van der Waals surface area contributed by atoms with Crippen LogP contribution in [0.3, 0.4) is 0 Å². The number of rotatable bonds is 4. The van der Waals surface area contributed by atoms with Crippen molar-refractivity contribution < 1.29 is 0 Å². The third kappa shape index (κ3) is 2.25. The molecule has 16 heavy (non-hydrogen) atoms. The van der Waals surface area contributed by atoms with E-state index >= 15 is 0 Å². The van der Waals surface area contributed by atoms with Gasteiger partial charge in [-0.25, -0.2) is 4.98 Å². The zero-order valence-electron chi connectivity index (χ0n) is 9.60. The Bertz CT molecular complexity index is 432. The molecule has 0 saturated carbocycles. The predicted molar refractivity (Wildman–Crippen MR) is 69.9 cm³/mol. The molecule has 0 spiro atoms. The zero-order chi connectivity index (χ0) is 11.4. The lowest BCUT2D eigenvalue weighted by Crippen LogP contribution is -2.21. The SMILES string of the molecule is CCN(CC)c1nc(-c2ccccc2)[c]s1. The molecule has 0 saturated heterocycles. The first-order valence-corrected chi connectivity index (χ1v) is 6.35. The summed E-state index contributed by atoms with van der Waals surface area (Å²) in [7, 11) is 0. The van der Waals surface area contributed by atoms with E-state index in [0.717, 1.165) is 29.5 Å². The first-order chi connectivity index (χ1) is 7.85. The van der Waals surface area contributed by atoms with Crippen LogP contribution in [0.4, 0.5) is 5.13 Å². The maximum atomic E-state index is 4.61. The summed E-state index contributed by atoms with van der Waals surface area (Å²) in [5, 5.41) is 4.32. The summed E-state index contributed by atoms with van der Waals surface area (Å²) in [6, 6.07) is 10.2. The number of anilines is 1. The highest BCUT2D eigenvalue weighted by molar-refractivity contribution is 7.13. The molecule has 0 N–H and O–H groups in total. The molecule has 1 aromatic heterocycles. The van der Waals surface area contributed by atoms with Crippen LogP contribution in [0, 0.1) is 5.38 Å². The molecular weight excluding hydrogens is 216 g/mol. The Morgan fingerprint density at radius 1 is 1.19 bits per heavy atom. The quantitative estimate of drug-likeness (QED) is 0.801. The van der Waals surface area contributed by atoms with E-state index in [1.807, 2.05) is 18.2 Å². The Kier molecular flexibility index (Phi) is 3.57. The first-order valence-electron chi connectivity index (χ1n) is 5.54. The number of hydrogen-bond donors (Lipinski definition) is 0. The van der Waals surface area contributed by atoms with Crippen LogP contribution in [-0.4, -0.2) is 18.1 Å². The molecular formula is C13H15N2S. The van der Waals surface area contributed by atoms with Crippen LogP contribution in [0.1, 0.15) is 13.8 Å². The van der Waals surface area contributed by atoms with Crippen LogP contribution < -0.4 is 4.90 Å². The smallest absolute Gasteiger partial charge is 0.186 e. The third-order valence-corrected chi connectivity index (χ3v) is 3.36. The predicted octanol–water partition coefficient (Wildman–Crippen LogP) is 3.46. The minimum atomic E-state index is 0.951. The van der Waals surface area contributed by atoms with Crippen molar-refractivity contribution in [2.75, 3.05) is 18.0 Å². The Labute approximate surface area is 101 Å². The van der Waals surface area contributed by atoms with E-state index in [4.69, 9.17) is 0 Å². The van der Waals surface area contributed by atoms with Crippen molar-refractivity contribution in [1.29, 1.82) is 0 Å². The van der Waals surface area contributed by atoms with Gasteiger partial charge < -0.3 is 4.90 Å². The van der Waals surface area contributed by atoms with Crippen LogP contribution in [0.2, 0.25) is 0 Å². The minimum absolute atomic E-state index is 0.951. The number of benzene rings is 1. The van der Waals surface area contributed by atoms with Gasteiger partial charge in [0.15, 0.2) is 5.13 Å². The molecule has 83 valence electrons. The van der Waals surface area contributed by atoms with Gasteiger partial charge in [0.25, 0.3) is 0 Å². The molecule has 0 amide bonds. The van der Waals surface area contributed by atoms with Crippen LogP contribution in [0.25, 0.3) is 11.3 Å². The number of aromatic nitrogens is 1. The normalized spacial score (nSPS) is 10.4. The molecule has 2 aromatic rings. The fourth-order valence-electron chi connectivity index (χ4n) is 1.58. The Balaban J connectivity index is 2.26. The Morgan fingerprint density at radius 3 is 2.50 bits per heavy atom. The Hall–Kier alpha value is -1.35. The van der Waals surface area contributed by atoms with Gasteiger partial charge in [0, 0.05) is 18.7 Å². The number of thiazole rings is 1. The van der Waals surface area contributed by atoms with Gasteiger partial charge in [-0.2, -0.15) is 0 Å². The average molecular weight is 231 g/mol. The van der Waals surface area contributed by atoms with E-state index in [1.165, 1.54) is 0 Å². The third-order valence-electron chi connectivity index (χ3n) is 2.53. The monoisotopic (exact) mass is 231 g/mol. The van der Waals surface area contributed by atoms with Gasteiger partial charge in [0.05, 0.1) is 11.1 Å². The summed E-state index contributed by atoms with van der Waals surface area (Å²) in [5.74, 6) is 0. The first kappa shape index (κ1) is 11.1. The van der Waals surface area contributed by atoms with Crippen molar-refractivity contribution in [2.45, 2.75) is 13.8 Å². The highest BCUT2D eigenvalue weighted by atomic mass is 32.1. The standard InChI is InChI=1S/C13H15N2S/c1-3-15(4-2)13-14-12(10-16-13)11-8-6-5-7-9-11/h5-9H,3-4H2,1-2H3. The topological polar surface area (TPSA) is 16.1 Å².